The maximum Gasteiger partial charge on any atom is 0.307 e. The number of rotatable bonds is 6. The number of carboxylic acids is 2. The number of anilines is 2. The first-order valence-corrected chi connectivity index (χ1v) is 11.1. The predicted octanol–water partition coefficient (Wildman–Crippen LogP) is 2.68. The second-order valence-corrected chi connectivity index (χ2v) is 8.74. The van der Waals surface area contributed by atoms with Crippen LogP contribution in [0.1, 0.15) is 11.1 Å². The Morgan fingerprint density at radius 3 is 1.22 bits per heavy atom. The molecule has 6 unspecified atom stereocenters. The summed E-state index contributed by atoms with van der Waals surface area (Å²) in [5, 5.41) is 25.4. The molecule has 0 spiro atoms. The summed E-state index contributed by atoms with van der Waals surface area (Å²) >= 11 is 0. The number of carbonyl (C=O) groups excluding carboxylic acids is 2. The summed E-state index contributed by atoms with van der Waals surface area (Å²) < 4.78 is 0. The number of carboxylic acid groups (broad SMARTS) is 2. The van der Waals surface area contributed by atoms with Crippen LogP contribution < -0.4 is 10.6 Å². The summed E-state index contributed by atoms with van der Waals surface area (Å²) in [6.45, 7) is 0. The number of allylic oxidation sites excluding steroid dienone is 2. The minimum atomic E-state index is -1.29. The van der Waals surface area contributed by atoms with E-state index in [4.69, 9.17) is 12.8 Å². The monoisotopic (exact) mass is 482 g/mol. The number of nitrogens with one attached hydrogen (secondary N) is 2. The van der Waals surface area contributed by atoms with Crippen molar-refractivity contribution in [2.45, 2.75) is 0 Å². The summed E-state index contributed by atoms with van der Waals surface area (Å²) in [6.07, 6.45) is 13.8. The van der Waals surface area contributed by atoms with E-state index in [1.54, 1.807) is 60.7 Å². The first-order chi connectivity index (χ1) is 17.2. The van der Waals surface area contributed by atoms with Crippen molar-refractivity contribution < 1.29 is 29.4 Å². The number of aliphatic carboxylic acids is 2. The minimum Gasteiger partial charge on any atom is -0.481 e. The highest BCUT2D eigenvalue weighted by Gasteiger charge is 2.60. The quantitative estimate of drug-likeness (QED) is 0.370. The molecule has 2 aromatic rings. The van der Waals surface area contributed by atoms with Crippen molar-refractivity contribution in [2.75, 3.05) is 10.6 Å². The number of terminal acetylenes is 2. The fourth-order valence-corrected chi connectivity index (χ4v) is 5.20. The molecule has 0 heterocycles. The number of hydrogen-bond acceptors (Lipinski definition) is 4. The molecule has 2 amide bonds. The largest absolute Gasteiger partial charge is 0.481 e. The SMILES string of the molecule is C#Cc1ccc(NC(=O)C2C3C=CC(C2C(=O)O)C(C(=O)Nc2ccc(C#C)cc2)C3C(=O)O)cc1. The Morgan fingerprint density at radius 1 is 0.611 bits per heavy atom. The number of amides is 2. The Labute approximate surface area is 207 Å². The molecule has 2 bridgehead atoms. The topological polar surface area (TPSA) is 133 Å². The van der Waals surface area contributed by atoms with E-state index in [0.717, 1.165) is 0 Å². The van der Waals surface area contributed by atoms with E-state index in [9.17, 15) is 29.4 Å². The van der Waals surface area contributed by atoms with Crippen LogP contribution in [-0.4, -0.2) is 34.0 Å². The van der Waals surface area contributed by atoms with Gasteiger partial charge in [-0.1, -0.05) is 24.0 Å². The van der Waals surface area contributed by atoms with Crippen LogP contribution in [0.2, 0.25) is 0 Å². The first kappa shape index (κ1) is 24.3. The van der Waals surface area contributed by atoms with E-state index in [0.29, 0.717) is 22.5 Å². The van der Waals surface area contributed by atoms with Gasteiger partial charge < -0.3 is 20.8 Å². The molecule has 0 aromatic heterocycles. The molecule has 3 aliphatic carbocycles. The lowest BCUT2D eigenvalue weighted by atomic mass is 9.52. The van der Waals surface area contributed by atoms with Gasteiger partial charge in [0.15, 0.2) is 0 Å². The molecule has 5 rings (SSSR count). The Hall–Kier alpha value is -4.82. The van der Waals surface area contributed by atoms with Crippen LogP contribution in [0.25, 0.3) is 0 Å². The second-order valence-electron chi connectivity index (χ2n) is 8.74. The van der Waals surface area contributed by atoms with E-state index >= 15 is 0 Å². The van der Waals surface area contributed by atoms with Crippen LogP contribution in [0, 0.1) is 60.2 Å². The lowest BCUT2D eigenvalue weighted by Crippen LogP contribution is -2.59. The normalized spacial score (nSPS) is 25.7. The molecule has 36 heavy (non-hydrogen) atoms. The molecule has 0 radical (unpaired) electrons. The number of carbonyl (C=O) groups is 4. The highest BCUT2D eigenvalue weighted by molar-refractivity contribution is 6.00. The van der Waals surface area contributed by atoms with Gasteiger partial charge >= 0.3 is 11.9 Å². The zero-order valence-corrected chi connectivity index (χ0v) is 18.9. The molecule has 1 fully saturated rings. The minimum absolute atomic E-state index is 0.394. The van der Waals surface area contributed by atoms with Crippen molar-refractivity contribution in [3.63, 3.8) is 0 Å². The average molecular weight is 482 g/mol. The number of fused-ring (bicyclic) bond motifs is 2. The van der Waals surface area contributed by atoms with Crippen LogP contribution in [-0.2, 0) is 19.2 Å². The van der Waals surface area contributed by atoms with Crippen LogP contribution in [0.15, 0.2) is 60.7 Å². The fourth-order valence-electron chi connectivity index (χ4n) is 5.20. The van der Waals surface area contributed by atoms with Crippen molar-refractivity contribution in [1.82, 2.24) is 0 Å². The second kappa shape index (κ2) is 9.81. The van der Waals surface area contributed by atoms with Crippen LogP contribution >= 0.6 is 0 Å². The lowest BCUT2D eigenvalue weighted by Gasteiger charge is -2.49. The lowest BCUT2D eigenvalue weighted by molar-refractivity contribution is -0.166. The zero-order chi connectivity index (χ0) is 26.0. The summed E-state index contributed by atoms with van der Waals surface area (Å²) in [5.74, 6) is -5.87. The van der Waals surface area contributed by atoms with E-state index in [-0.39, 0.29) is 0 Å². The molecule has 4 N–H and O–H groups in total. The molecule has 0 aliphatic heterocycles. The van der Waals surface area contributed by atoms with Gasteiger partial charge in [-0.15, -0.1) is 12.8 Å². The molecular formula is C28H22N2O6. The van der Waals surface area contributed by atoms with Gasteiger partial charge in [0.2, 0.25) is 11.8 Å². The molecule has 3 aliphatic rings. The maximum absolute atomic E-state index is 13.3. The van der Waals surface area contributed by atoms with Crippen molar-refractivity contribution in [2.24, 2.45) is 35.5 Å². The zero-order valence-electron chi connectivity index (χ0n) is 18.9. The third-order valence-electron chi connectivity index (χ3n) is 6.80. The molecule has 0 saturated heterocycles. The predicted molar refractivity (Wildman–Crippen MR) is 131 cm³/mol. The smallest absolute Gasteiger partial charge is 0.307 e. The van der Waals surface area contributed by atoms with Gasteiger partial charge in [-0.25, -0.2) is 0 Å². The van der Waals surface area contributed by atoms with Gasteiger partial charge in [-0.3, -0.25) is 19.2 Å². The summed E-state index contributed by atoms with van der Waals surface area (Å²) in [5.41, 5.74) is 1.99. The van der Waals surface area contributed by atoms with Gasteiger partial charge in [0.1, 0.15) is 0 Å². The molecule has 2 aromatic carbocycles. The molecular weight excluding hydrogens is 460 g/mol. The van der Waals surface area contributed by atoms with Crippen molar-refractivity contribution >= 4 is 35.1 Å². The van der Waals surface area contributed by atoms with Crippen molar-refractivity contribution in [3.05, 3.63) is 71.8 Å². The highest BCUT2D eigenvalue weighted by Crippen LogP contribution is 2.52. The molecule has 8 heteroatoms. The van der Waals surface area contributed by atoms with Gasteiger partial charge in [-0.2, -0.15) is 0 Å². The molecule has 8 nitrogen and oxygen atoms in total. The van der Waals surface area contributed by atoms with Gasteiger partial charge in [0.25, 0.3) is 0 Å². The highest BCUT2D eigenvalue weighted by atomic mass is 16.4. The van der Waals surface area contributed by atoms with Crippen LogP contribution in [0.4, 0.5) is 11.4 Å². The Kier molecular flexibility index (Phi) is 6.62. The Bertz CT molecular complexity index is 1230. The summed E-state index contributed by atoms with van der Waals surface area (Å²) in [4.78, 5) is 51.2. The van der Waals surface area contributed by atoms with Crippen LogP contribution in [0.3, 0.4) is 0 Å². The van der Waals surface area contributed by atoms with E-state index in [2.05, 4.69) is 22.5 Å². The third-order valence-corrected chi connectivity index (χ3v) is 6.80. The standard InChI is InChI=1S/C28H22N2O6/c1-3-15-5-9-17(10-6-15)29-25(31)21-19-13-14-20(23(21)27(33)34)22(24(19)28(35)36)26(32)30-18-11-7-16(4-2)8-12-18/h1-2,5-14,19-24H,(H,29,31)(H,30,32)(H,33,34)(H,35,36). The van der Waals surface area contributed by atoms with Gasteiger partial charge in [-0.05, 0) is 48.5 Å². The fraction of sp³-hybridized carbons (Fsp3) is 0.214. The third kappa shape index (κ3) is 4.45. The number of hydrogen-bond donors (Lipinski definition) is 4. The molecule has 180 valence electrons. The van der Waals surface area contributed by atoms with E-state index in [1.807, 2.05) is 0 Å². The number of benzene rings is 2. The van der Waals surface area contributed by atoms with Gasteiger partial charge in [0, 0.05) is 34.3 Å². The van der Waals surface area contributed by atoms with Gasteiger partial charge in [0.05, 0.1) is 23.7 Å². The van der Waals surface area contributed by atoms with E-state index in [1.165, 1.54) is 0 Å². The summed E-state index contributed by atoms with van der Waals surface area (Å²) in [6, 6.07) is 12.8. The van der Waals surface area contributed by atoms with Crippen molar-refractivity contribution in [3.8, 4) is 24.7 Å². The Balaban J connectivity index is 1.64. The average Bonchev–Trinajstić information content (AvgIpc) is 2.88. The maximum atomic E-state index is 13.3. The molecule has 1 saturated carbocycles. The van der Waals surface area contributed by atoms with Crippen molar-refractivity contribution in [1.29, 1.82) is 0 Å². The van der Waals surface area contributed by atoms with E-state index < -0.39 is 59.3 Å². The first-order valence-electron chi connectivity index (χ1n) is 11.1. The summed E-state index contributed by atoms with van der Waals surface area (Å²) in [7, 11) is 0. The van der Waals surface area contributed by atoms with Crippen LogP contribution in [0.5, 0.6) is 0 Å². The molecule has 6 atom stereocenters. The Morgan fingerprint density at radius 2 is 0.944 bits per heavy atom.